The normalized spacial score (nSPS) is 13.3. The van der Waals surface area contributed by atoms with Gasteiger partial charge in [-0.15, -0.1) is 0 Å². The van der Waals surface area contributed by atoms with E-state index in [1.807, 2.05) is 12.1 Å². The van der Waals surface area contributed by atoms with Crippen LogP contribution in [0.5, 0.6) is 0 Å². The summed E-state index contributed by atoms with van der Waals surface area (Å²) in [5, 5.41) is 15.7. The molecular formula is C22H20F2N6O. The largest absolute Gasteiger partial charge is 0.357 e. The van der Waals surface area contributed by atoms with Crippen molar-refractivity contribution in [1.82, 2.24) is 14.8 Å². The summed E-state index contributed by atoms with van der Waals surface area (Å²) in [5.41, 5.74) is 0.502. The van der Waals surface area contributed by atoms with Crippen LogP contribution in [-0.2, 0) is 17.8 Å². The molecule has 0 unspecified atom stereocenters. The van der Waals surface area contributed by atoms with E-state index in [4.69, 9.17) is 5.26 Å². The molecule has 1 aliphatic rings. The second kappa shape index (κ2) is 8.92. The Morgan fingerprint density at radius 1 is 1.13 bits per heavy atom. The maximum absolute atomic E-state index is 13.8. The van der Waals surface area contributed by atoms with Crippen molar-refractivity contribution in [3.8, 4) is 6.07 Å². The van der Waals surface area contributed by atoms with Gasteiger partial charge in [0.1, 0.15) is 29.1 Å². The van der Waals surface area contributed by atoms with E-state index in [0.29, 0.717) is 11.4 Å². The van der Waals surface area contributed by atoms with Crippen molar-refractivity contribution in [3.63, 3.8) is 0 Å². The summed E-state index contributed by atoms with van der Waals surface area (Å²) in [6, 6.07) is 9.11. The zero-order valence-electron chi connectivity index (χ0n) is 16.7. The number of carbonyl (C=O) groups is 1. The number of hydrogen-bond donors (Lipinski definition) is 1. The molecule has 1 saturated heterocycles. The van der Waals surface area contributed by atoms with Crippen molar-refractivity contribution in [3.05, 3.63) is 71.1 Å². The number of hydrogen-bond acceptors (Lipinski definition) is 5. The summed E-state index contributed by atoms with van der Waals surface area (Å²) in [6.45, 7) is 2.12. The molecule has 3 aromatic rings. The van der Waals surface area contributed by atoms with Gasteiger partial charge in [0.15, 0.2) is 5.82 Å². The third-order valence-electron chi connectivity index (χ3n) is 5.07. The van der Waals surface area contributed by atoms with Crippen LogP contribution in [0.3, 0.4) is 0 Å². The highest BCUT2D eigenvalue weighted by Gasteiger charge is 2.14. The highest BCUT2D eigenvalue weighted by Crippen LogP contribution is 2.18. The molecular weight excluding hydrogens is 402 g/mol. The number of pyridine rings is 1. The summed E-state index contributed by atoms with van der Waals surface area (Å²) < 4.78 is 29.0. The van der Waals surface area contributed by atoms with Crippen molar-refractivity contribution in [1.29, 1.82) is 5.26 Å². The number of anilines is 2. The maximum atomic E-state index is 13.8. The first-order valence-corrected chi connectivity index (χ1v) is 9.93. The topological polar surface area (TPSA) is 86.8 Å². The molecule has 0 atom stereocenters. The van der Waals surface area contributed by atoms with Gasteiger partial charge in [-0.1, -0.05) is 6.07 Å². The van der Waals surface area contributed by atoms with E-state index in [1.54, 1.807) is 18.5 Å². The lowest BCUT2D eigenvalue weighted by molar-refractivity contribution is -0.115. The first-order chi connectivity index (χ1) is 15.0. The Bertz CT molecular complexity index is 1110. The fraction of sp³-hybridized carbons (Fsp3) is 0.273. The molecule has 0 aliphatic carbocycles. The van der Waals surface area contributed by atoms with Crippen LogP contribution < -0.4 is 10.2 Å². The van der Waals surface area contributed by atoms with Crippen LogP contribution in [0.15, 0.2) is 42.7 Å². The van der Waals surface area contributed by atoms with Crippen molar-refractivity contribution >= 4 is 17.5 Å². The molecule has 1 aliphatic heterocycles. The van der Waals surface area contributed by atoms with E-state index < -0.39 is 17.2 Å². The predicted molar refractivity (Wildman–Crippen MR) is 110 cm³/mol. The molecule has 1 fully saturated rings. The number of amides is 1. The number of nitrogens with one attached hydrogen (secondary N) is 1. The lowest BCUT2D eigenvalue weighted by Crippen LogP contribution is -2.19. The molecule has 4 rings (SSSR count). The minimum atomic E-state index is -0.914. The van der Waals surface area contributed by atoms with E-state index in [9.17, 15) is 13.6 Å². The molecule has 0 spiro atoms. The van der Waals surface area contributed by atoms with Crippen molar-refractivity contribution in [2.45, 2.75) is 25.8 Å². The van der Waals surface area contributed by atoms with E-state index in [2.05, 4.69) is 20.3 Å². The third kappa shape index (κ3) is 4.86. The second-order valence-corrected chi connectivity index (χ2v) is 7.39. The Morgan fingerprint density at radius 2 is 1.87 bits per heavy atom. The quantitative estimate of drug-likeness (QED) is 0.659. The van der Waals surface area contributed by atoms with Gasteiger partial charge in [0.25, 0.3) is 0 Å². The highest BCUT2D eigenvalue weighted by molar-refractivity contribution is 5.91. The van der Waals surface area contributed by atoms with Crippen LogP contribution in [0.4, 0.5) is 20.4 Å². The molecule has 2 aromatic heterocycles. The third-order valence-corrected chi connectivity index (χ3v) is 5.07. The van der Waals surface area contributed by atoms with Gasteiger partial charge in [-0.05, 0) is 42.2 Å². The molecule has 158 valence electrons. The summed E-state index contributed by atoms with van der Waals surface area (Å²) in [6.07, 6.45) is 5.81. The van der Waals surface area contributed by atoms with Gasteiger partial charge in [-0.25, -0.2) is 13.8 Å². The van der Waals surface area contributed by atoms with Crippen molar-refractivity contribution in [2.24, 2.45) is 0 Å². The Labute approximate surface area is 177 Å². The number of halogens is 2. The number of nitriles is 1. The van der Waals surface area contributed by atoms with Gasteiger partial charge in [0.2, 0.25) is 5.91 Å². The Balaban J connectivity index is 1.34. The van der Waals surface area contributed by atoms with Crippen LogP contribution in [0.1, 0.15) is 29.5 Å². The first kappa shape index (κ1) is 20.5. The Hall–Kier alpha value is -3.80. The molecule has 7 nitrogen and oxygen atoms in total. The predicted octanol–water partition coefficient (Wildman–Crippen LogP) is 3.26. The van der Waals surface area contributed by atoms with Crippen LogP contribution in [-0.4, -0.2) is 33.8 Å². The van der Waals surface area contributed by atoms with Crippen molar-refractivity contribution < 1.29 is 13.6 Å². The lowest BCUT2D eigenvalue weighted by atomic mass is 10.1. The zero-order valence-corrected chi connectivity index (χ0v) is 16.7. The van der Waals surface area contributed by atoms with Gasteiger partial charge in [-0.3, -0.25) is 9.48 Å². The van der Waals surface area contributed by atoms with Gasteiger partial charge in [0.05, 0.1) is 13.0 Å². The fourth-order valence-electron chi connectivity index (χ4n) is 3.55. The first-order valence-electron chi connectivity index (χ1n) is 9.93. The standard InChI is InChI=1S/C22H20F2N6O/c23-18-9-16(10-19(24)17(18)12-25)14-30-8-5-20(28-30)27-22(31)11-15-3-4-21(26-13-15)29-6-1-2-7-29/h3-5,8-10,13H,1-2,6-7,11,14H2,(H,27,28,31). The number of nitrogens with zero attached hydrogens (tertiary/aromatic N) is 5. The van der Waals surface area contributed by atoms with Gasteiger partial charge in [0, 0.05) is 31.5 Å². The molecule has 1 amide bonds. The molecule has 31 heavy (non-hydrogen) atoms. The minimum absolute atomic E-state index is 0.0945. The maximum Gasteiger partial charge on any atom is 0.230 e. The summed E-state index contributed by atoms with van der Waals surface area (Å²) in [5.74, 6) is -0.807. The van der Waals surface area contributed by atoms with E-state index in [0.717, 1.165) is 36.6 Å². The number of aromatic nitrogens is 3. The van der Waals surface area contributed by atoms with Crippen LogP contribution in [0.2, 0.25) is 0 Å². The average Bonchev–Trinajstić information content (AvgIpc) is 3.41. The van der Waals surface area contributed by atoms with Gasteiger partial charge >= 0.3 is 0 Å². The Morgan fingerprint density at radius 3 is 2.52 bits per heavy atom. The molecule has 1 N–H and O–H groups in total. The van der Waals surface area contributed by atoms with E-state index >= 15 is 0 Å². The highest BCUT2D eigenvalue weighted by atomic mass is 19.1. The van der Waals surface area contributed by atoms with Gasteiger partial charge in [-0.2, -0.15) is 10.4 Å². The molecule has 1 aromatic carbocycles. The number of benzene rings is 1. The summed E-state index contributed by atoms with van der Waals surface area (Å²) >= 11 is 0. The van der Waals surface area contributed by atoms with Crippen LogP contribution in [0.25, 0.3) is 0 Å². The summed E-state index contributed by atoms with van der Waals surface area (Å²) in [4.78, 5) is 19.0. The fourth-order valence-corrected chi connectivity index (χ4v) is 3.55. The smallest absolute Gasteiger partial charge is 0.230 e. The monoisotopic (exact) mass is 422 g/mol. The van der Waals surface area contributed by atoms with Crippen LogP contribution >= 0.6 is 0 Å². The molecule has 0 radical (unpaired) electrons. The van der Waals surface area contributed by atoms with E-state index in [1.165, 1.54) is 23.6 Å². The molecule has 0 bridgehead atoms. The minimum Gasteiger partial charge on any atom is -0.357 e. The van der Waals surface area contributed by atoms with Crippen molar-refractivity contribution in [2.75, 3.05) is 23.3 Å². The SMILES string of the molecule is N#Cc1c(F)cc(Cn2ccc(NC(=O)Cc3ccc(N4CCCC4)nc3)n2)cc1F. The van der Waals surface area contributed by atoms with Gasteiger partial charge < -0.3 is 10.2 Å². The Kier molecular flexibility index (Phi) is 5.89. The number of carbonyl (C=O) groups excluding carboxylic acids is 1. The molecule has 3 heterocycles. The molecule has 0 saturated carbocycles. The number of rotatable bonds is 6. The zero-order chi connectivity index (χ0) is 21.8. The lowest BCUT2D eigenvalue weighted by Gasteiger charge is -2.16. The van der Waals surface area contributed by atoms with E-state index in [-0.39, 0.29) is 18.9 Å². The summed E-state index contributed by atoms with van der Waals surface area (Å²) in [7, 11) is 0. The second-order valence-electron chi connectivity index (χ2n) is 7.39. The van der Waals surface area contributed by atoms with Crippen LogP contribution in [0, 0.1) is 23.0 Å². The average molecular weight is 422 g/mol. The molecule has 9 heteroatoms.